The monoisotopic (exact) mass is 309 g/mol. The van der Waals surface area contributed by atoms with E-state index in [-0.39, 0.29) is 5.82 Å². The maximum absolute atomic E-state index is 13.3. The van der Waals surface area contributed by atoms with Crippen molar-refractivity contribution < 1.29 is 4.39 Å². The molecule has 2 rings (SSSR count). The minimum Gasteiger partial charge on any atom is -0.370 e. The first kappa shape index (κ1) is 13.0. The molecule has 0 amide bonds. The van der Waals surface area contributed by atoms with Gasteiger partial charge in [0.15, 0.2) is 5.82 Å². The van der Waals surface area contributed by atoms with Gasteiger partial charge in [0.05, 0.1) is 0 Å². The lowest BCUT2D eigenvalue weighted by Gasteiger charge is -2.06. The van der Waals surface area contributed by atoms with Gasteiger partial charge >= 0.3 is 0 Å². The molecule has 1 aromatic carbocycles. The molecular weight excluding hydrogens is 297 g/mol. The molecule has 0 saturated heterocycles. The van der Waals surface area contributed by atoms with Crippen molar-refractivity contribution in [1.29, 1.82) is 0 Å². The zero-order valence-electron chi connectivity index (χ0n) is 9.95. The topological polar surface area (TPSA) is 37.8 Å². The largest absolute Gasteiger partial charge is 0.370 e. The van der Waals surface area contributed by atoms with Gasteiger partial charge in [0.1, 0.15) is 11.6 Å². The van der Waals surface area contributed by atoms with E-state index < -0.39 is 0 Å². The predicted molar refractivity (Wildman–Crippen MR) is 73.9 cm³/mol. The molecule has 0 spiro atoms. The molecule has 18 heavy (non-hydrogen) atoms. The number of rotatable bonds is 4. The Balaban J connectivity index is 2.32. The number of hydrogen-bond donors (Lipinski definition) is 1. The van der Waals surface area contributed by atoms with Gasteiger partial charge in [-0.2, -0.15) is 0 Å². The van der Waals surface area contributed by atoms with Crippen molar-refractivity contribution >= 4 is 21.7 Å². The summed E-state index contributed by atoms with van der Waals surface area (Å²) < 4.78 is 14.0. The van der Waals surface area contributed by atoms with Crippen LogP contribution in [0.15, 0.2) is 34.9 Å². The van der Waals surface area contributed by atoms with E-state index in [1.54, 1.807) is 18.3 Å². The number of anilines is 1. The van der Waals surface area contributed by atoms with E-state index in [0.717, 1.165) is 18.8 Å². The number of hydrogen-bond acceptors (Lipinski definition) is 3. The molecule has 0 aliphatic heterocycles. The Morgan fingerprint density at radius 1 is 1.33 bits per heavy atom. The highest BCUT2D eigenvalue weighted by molar-refractivity contribution is 9.10. The first-order valence-electron chi connectivity index (χ1n) is 5.72. The number of nitrogens with one attached hydrogen (secondary N) is 1. The molecule has 0 radical (unpaired) electrons. The third kappa shape index (κ3) is 3.26. The quantitative estimate of drug-likeness (QED) is 0.931. The predicted octanol–water partition coefficient (Wildman–Crippen LogP) is 3.87. The van der Waals surface area contributed by atoms with Gasteiger partial charge in [0.25, 0.3) is 0 Å². The summed E-state index contributed by atoms with van der Waals surface area (Å²) in [6, 6.07) is 6.42. The zero-order chi connectivity index (χ0) is 13.0. The molecular formula is C13H13BrFN3. The minimum absolute atomic E-state index is 0.310. The Kier molecular flexibility index (Phi) is 4.25. The molecule has 1 heterocycles. The molecule has 3 nitrogen and oxygen atoms in total. The van der Waals surface area contributed by atoms with E-state index in [0.29, 0.717) is 15.9 Å². The number of halogens is 2. The van der Waals surface area contributed by atoms with Crippen molar-refractivity contribution in [3.63, 3.8) is 0 Å². The molecule has 0 fully saturated rings. The van der Waals surface area contributed by atoms with Crippen LogP contribution >= 0.6 is 15.9 Å². The second-order valence-electron chi connectivity index (χ2n) is 3.85. The third-order valence-corrected chi connectivity index (χ3v) is 2.79. The van der Waals surface area contributed by atoms with E-state index in [9.17, 15) is 4.39 Å². The van der Waals surface area contributed by atoms with Crippen molar-refractivity contribution in [3.05, 3.63) is 40.8 Å². The normalized spacial score (nSPS) is 10.4. The van der Waals surface area contributed by atoms with Crippen LogP contribution in [0.5, 0.6) is 0 Å². The lowest BCUT2D eigenvalue weighted by atomic mass is 10.2. The third-order valence-electron chi connectivity index (χ3n) is 2.33. The van der Waals surface area contributed by atoms with Gasteiger partial charge in [-0.1, -0.05) is 22.9 Å². The average Bonchev–Trinajstić information content (AvgIpc) is 2.35. The summed E-state index contributed by atoms with van der Waals surface area (Å²) in [5, 5.41) is 3.18. The highest BCUT2D eigenvalue weighted by Gasteiger charge is 2.05. The van der Waals surface area contributed by atoms with Crippen LogP contribution in [0.3, 0.4) is 0 Å². The second-order valence-corrected chi connectivity index (χ2v) is 4.77. The number of nitrogens with zero attached hydrogens (tertiary/aromatic N) is 2. The van der Waals surface area contributed by atoms with Gasteiger partial charge in [-0.15, -0.1) is 0 Å². The van der Waals surface area contributed by atoms with Crippen LogP contribution in [0, 0.1) is 5.82 Å². The summed E-state index contributed by atoms with van der Waals surface area (Å²) in [5.41, 5.74) is 0.655. The van der Waals surface area contributed by atoms with Crippen LogP contribution < -0.4 is 5.32 Å². The van der Waals surface area contributed by atoms with Crippen molar-refractivity contribution in [2.24, 2.45) is 0 Å². The van der Waals surface area contributed by atoms with Gasteiger partial charge in [0.2, 0.25) is 0 Å². The molecule has 2 aromatic rings. The lowest BCUT2D eigenvalue weighted by molar-refractivity contribution is 0.627. The van der Waals surface area contributed by atoms with Crippen LogP contribution in [0.2, 0.25) is 0 Å². The van der Waals surface area contributed by atoms with Gasteiger partial charge in [-0.3, -0.25) is 0 Å². The van der Waals surface area contributed by atoms with Gasteiger partial charge in [0, 0.05) is 22.8 Å². The van der Waals surface area contributed by atoms with Crippen molar-refractivity contribution in [1.82, 2.24) is 9.97 Å². The van der Waals surface area contributed by atoms with E-state index >= 15 is 0 Å². The molecule has 5 heteroatoms. The molecule has 0 aliphatic rings. The fourth-order valence-corrected chi connectivity index (χ4v) is 2.00. The molecule has 1 aromatic heterocycles. The van der Waals surface area contributed by atoms with E-state index in [1.165, 1.54) is 12.1 Å². The molecule has 1 N–H and O–H groups in total. The standard InChI is InChI=1S/C13H13BrFN3/c1-2-4-16-12-3-5-17-13(18-12)9-6-10(14)8-11(15)7-9/h3,5-8H,2,4H2,1H3,(H,16,17,18). The van der Waals surface area contributed by atoms with Crippen LogP contribution in [0.4, 0.5) is 10.2 Å². The first-order chi connectivity index (χ1) is 8.69. The van der Waals surface area contributed by atoms with Crippen LogP contribution in [0.1, 0.15) is 13.3 Å². The molecule has 0 bridgehead atoms. The smallest absolute Gasteiger partial charge is 0.161 e. The first-order valence-corrected chi connectivity index (χ1v) is 6.51. The van der Waals surface area contributed by atoms with Crippen LogP contribution in [0.25, 0.3) is 11.4 Å². The summed E-state index contributed by atoms with van der Waals surface area (Å²) in [7, 11) is 0. The Bertz CT molecular complexity index is 525. The Hall–Kier alpha value is -1.49. The Morgan fingerprint density at radius 3 is 2.89 bits per heavy atom. The number of benzene rings is 1. The Morgan fingerprint density at radius 2 is 2.17 bits per heavy atom. The molecule has 94 valence electrons. The fraction of sp³-hybridized carbons (Fsp3) is 0.231. The number of aromatic nitrogens is 2. The summed E-state index contributed by atoms with van der Waals surface area (Å²) >= 11 is 3.26. The van der Waals surface area contributed by atoms with Gasteiger partial charge in [-0.05, 0) is 30.7 Å². The lowest BCUT2D eigenvalue weighted by Crippen LogP contribution is -2.03. The SMILES string of the molecule is CCCNc1ccnc(-c2cc(F)cc(Br)c2)n1. The molecule has 0 unspecified atom stereocenters. The Labute approximate surface area is 114 Å². The maximum atomic E-state index is 13.3. The highest BCUT2D eigenvalue weighted by Crippen LogP contribution is 2.22. The van der Waals surface area contributed by atoms with Gasteiger partial charge < -0.3 is 5.32 Å². The van der Waals surface area contributed by atoms with Crippen molar-refractivity contribution in [2.45, 2.75) is 13.3 Å². The van der Waals surface area contributed by atoms with E-state index in [4.69, 9.17) is 0 Å². The maximum Gasteiger partial charge on any atom is 0.161 e. The second kappa shape index (κ2) is 5.91. The van der Waals surface area contributed by atoms with Gasteiger partial charge in [-0.25, -0.2) is 14.4 Å². The van der Waals surface area contributed by atoms with Crippen LogP contribution in [-0.2, 0) is 0 Å². The fourth-order valence-electron chi connectivity index (χ4n) is 1.53. The van der Waals surface area contributed by atoms with E-state index in [2.05, 4.69) is 38.1 Å². The molecule has 0 aliphatic carbocycles. The zero-order valence-corrected chi connectivity index (χ0v) is 11.5. The van der Waals surface area contributed by atoms with Crippen LogP contribution in [-0.4, -0.2) is 16.5 Å². The summed E-state index contributed by atoms with van der Waals surface area (Å²) in [5.74, 6) is 0.952. The summed E-state index contributed by atoms with van der Waals surface area (Å²) in [6.45, 7) is 2.93. The summed E-state index contributed by atoms with van der Waals surface area (Å²) in [6.07, 6.45) is 2.68. The van der Waals surface area contributed by atoms with Crippen molar-refractivity contribution in [3.8, 4) is 11.4 Å². The van der Waals surface area contributed by atoms with Crippen molar-refractivity contribution in [2.75, 3.05) is 11.9 Å². The summed E-state index contributed by atoms with van der Waals surface area (Å²) in [4.78, 5) is 8.51. The minimum atomic E-state index is -0.310. The molecule has 0 saturated carbocycles. The average molecular weight is 310 g/mol. The van der Waals surface area contributed by atoms with E-state index in [1.807, 2.05) is 0 Å². The molecule has 0 atom stereocenters. The highest BCUT2D eigenvalue weighted by atomic mass is 79.9.